The molecule has 2 N–H and O–H groups in total. The standard InChI is InChI=1S/C11H7BrFNO5/c1-18-10-4(2-5(12)9(15)8(10)13)7-3-6(11(16)17)14-19-7/h2-3,15H,1H3,(H,16,17). The van der Waals surface area contributed by atoms with Gasteiger partial charge in [0.2, 0.25) is 5.82 Å². The fourth-order valence-corrected chi connectivity index (χ4v) is 1.88. The topological polar surface area (TPSA) is 92.8 Å². The van der Waals surface area contributed by atoms with Crippen molar-refractivity contribution in [3.63, 3.8) is 0 Å². The number of benzene rings is 1. The highest BCUT2D eigenvalue weighted by Crippen LogP contribution is 2.41. The number of methoxy groups -OCH3 is 1. The summed E-state index contributed by atoms with van der Waals surface area (Å²) in [5.74, 6) is -3.13. The van der Waals surface area contributed by atoms with Gasteiger partial charge in [-0.3, -0.25) is 0 Å². The minimum Gasteiger partial charge on any atom is -0.504 e. The van der Waals surface area contributed by atoms with E-state index in [1.807, 2.05) is 0 Å². The first-order valence-corrected chi connectivity index (χ1v) is 5.70. The molecule has 100 valence electrons. The van der Waals surface area contributed by atoms with E-state index in [4.69, 9.17) is 14.4 Å². The molecule has 0 fully saturated rings. The van der Waals surface area contributed by atoms with Crippen molar-refractivity contribution >= 4 is 21.9 Å². The first-order valence-electron chi connectivity index (χ1n) is 4.91. The van der Waals surface area contributed by atoms with Gasteiger partial charge in [0.05, 0.1) is 17.1 Å². The Morgan fingerprint density at radius 1 is 1.53 bits per heavy atom. The zero-order valence-corrected chi connectivity index (χ0v) is 11.1. The zero-order valence-electron chi connectivity index (χ0n) is 9.48. The number of nitrogens with zero attached hydrogens (tertiary/aromatic N) is 1. The number of aromatic nitrogens is 1. The van der Waals surface area contributed by atoms with Gasteiger partial charge in [0.15, 0.2) is 23.0 Å². The van der Waals surface area contributed by atoms with Crippen molar-refractivity contribution < 1.29 is 28.7 Å². The van der Waals surface area contributed by atoms with Crippen LogP contribution in [-0.2, 0) is 0 Å². The van der Waals surface area contributed by atoms with Crippen molar-refractivity contribution in [2.75, 3.05) is 7.11 Å². The van der Waals surface area contributed by atoms with Gasteiger partial charge in [-0.2, -0.15) is 4.39 Å². The summed E-state index contributed by atoms with van der Waals surface area (Å²) >= 11 is 2.97. The van der Waals surface area contributed by atoms with Crippen LogP contribution in [0.5, 0.6) is 11.5 Å². The number of ether oxygens (including phenoxy) is 1. The van der Waals surface area contributed by atoms with Crippen molar-refractivity contribution in [1.29, 1.82) is 0 Å². The average molecular weight is 332 g/mol. The molecular formula is C11H7BrFNO5. The Hall–Kier alpha value is -2.09. The third kappa shape index (κ3) is 2.26. The Morgan fingerprint density at radius 3 is 2.74 bits per heavy atom. The second-order valence-corrected chi connectivity index (χ2v) is 4.34. The second-order valence-electron chi connectivity index (χ2n) is 3.48. The Bertz CT molecular complexity index is 655. The molecule has 0 saturated heterocycles. The van der Waals surface area contributed by atoms with Crippen molar-refractivity contribution in [2.24, 2.45) is 0 Å². The van der Waals surface area contributed by atoms with E-state index in [-0.39, 0.29) is 27.2 Å². The van der Waals surface area contributed by atoms with Crippen LogP contribution in [-0.4, -0.2) is 28.4 Å². The normalized spacial score (nSPS) is 10.5. The maximum atomic E-state index is 13.8. The SMILES string of the molecule is COc1c(-c2cc(C(=O)O)no2)cc(Br)c(O)c1F. The Kier molecular flexibility index (Phi) is 3.43. The molecule has 0 atom stereocenters. The van der Waals surface area contributed by atoms with Crippen molar-refractivity contribution in [3.05, 3.63) is 28.1 Å². The summed E-state index contributed by atoms with van der Waals surface area (Å²) in [6.07, 6.45) is 0. The maximum absolute atomic E-state index is 13.8. The number of phenolic OH excluding ortho intramolecular Hbond substituents is 1. The fraction of sp³-hybridized carbons (Fsp3) is 0.0909. The van der Waals surface area contributed by atoms with Crippen molar-refractivity contribution in [3.8, 4) is 22.8 Å². The lowest BCUT2D eigenvalue weighted by Gasteiger charge is -2.09. The number of carbonyl (C=O) groups is 1. The smallest absolute Gasteiger partial charge is 0.358 e. The molecule has 0 aliphatic heterocycles. The van der Waals surface area contributed by atoms with Crippen LogP contribution in [0.4, 0.5) is 4.39 Å². The summed E-state index contributed by atoms with van der Waals surface area (Å²) in [7, 11) is 1.21. The quantitative estimate of drug-likeness (QED) is 0.898. The highest BCUT2D eigenvalue weighted by atomic mass is 79.9. The van der Waals surface area contributed by atoms with Crippen LogP contribution in [0.25, 0.3) is 11.3 Å². The molecule has 2 rings (SSSR count). The highest BCUT2D eigenvalue weighted by Gasteiger charge is 2.22. The molecule has 0 aliphatic rings. The largest absolute Gasteiger partial charge is 0.504 e. The van der Waals surface area contributed by atoms with Gasteiger partial charge in [-0.15, -0.1) is 0 Å². The molecule has 0 saturated carbocycles. The maximum Gasteiger partial charge on any atom is 0.358 e. The van der Waals surface area contributed by atoms with E-state index in [2.05, 4.69) is 21.1 Å². The third-order valence-corrected chi connectivity index (χ3v) is 2.95. The summed E-state index contributed by atoms with van der Waals surface area (Å²) in [6, 6.07) is 2.46. The monoisotopic (exact) mass is 331 g/mol. The molecule has 0 bridgehead atoms. The van der Waals surface area contributed by atoms with Crippen LogP contribution >= 0.6 is 15.9 Å². The molecule has 0 aliphatic carbocycles. The van der Waals surface area contributed by atoms with E-state index in [0.717, 1.165) is 6.07 Å². The van der Waals surface area contributed by atoms with E-state index < -0.39 is 17.5 Å². The summed E-state index contributed by atoms with van der Waals surface area (Å²) in [5.41, 5.74) is -0.189. The predicted molar refractivity (Wildman–Crippen MR) is 64.8 cm³/mol. The molecular weight excluding hydrogens is 325 g/mol. The minimum atomic E-state index is -1.27. The number of carboxylic acids is 1. The Labute approximate surface area is 114 Å². The average Bonchev–Trinajstić information content (AvgIpc) is 2.85. The lowest BCUT2D eigenvalue weighted by Crippen LogP contribution is -1.95. The van der Waals surface area contributed by atoms with Crippen molar-refractivity contribution in [2.45, 2.75) is 0 Å². The van der Waals surface area contributed by atoms with E-state index >= 15 is 0 Å². The first-order chi connectivity index (χ1) is 8.95. The molecule has 0 amide bonds. The highest BCUT2D eigenvalue weighted by molar-refractivity contribution is 9.10. The van der Waals surface area contributed by atoms with Crippen LogP contribution in [0.3, 0.4) is 0 Å². The Morgan fingerprint density at radius 2 is 2.21 bits per heavy atom. The van der Waals surface area contributed by atoms with E-state index in [0.29, 0.717) is 0 Å². The number of hydrogen-bond donors (Lipinski definition) is 2. The van der Waals surface area contributed by atoms with Crippen molar-refractivity contribution in [1.82, 2.24) is 5.16 Å². The molecule has 0 spiro atoms. The van der Waals surface area contributed by atoms with Gasteiger partial charge < -0.3 is 19.5 Å². The van der Waals surface area contributed by atoms with Gasteiger partial charge in [0.25, 0.3) is 0 Å². The number of carboxylic acid groups (broad SMARTS) is 1. The second kappa shape index (κ2) is 4.88. The van der Waals surface area contributed by atoms with Gasteiger partial charge in [-0.05, 0) is 22.0 Å². The lowest BCUT2D eigenvalue weighted by molar-refractivity contribution is 0.0686. The van der Waals surface area contributed by atoms with E-state index in [9.17, 15) is 14.3 Å². The van der Waals surface area contributed by atoms with Crippen LogP contribution < -0.4 is 4.74 Å². The van der Waals surface area contributed by atoms with Crippen LogP contribution in [0.2, 0.25) is 0 Å². The van der Waals surface area contributed by atoms with Gasteiger partial charge in [-0.1, -0.05) is 5.16 Å². The molecule has 2 aromatic rings. The van der Waals surface area contributed by atoms with Gasteiger partial charge >= 0.3 is 5.97 Å². The molecule has 6 nitrogen and oxygen atoms in total. The zero-order chi connectivity index (χ0) is 14.2. The number of halogens is 2. The Balaban J connectivity index is 2.63. The van der Waals surface area contributed by atoms with Gasteiger partial charge in [0.1, 0.15) is 0 Å². The summed E-state index contributed by atoms with van der Waals surface area (Å²) in [6.45, 7) is 0. The van der Waals surface area contributed by atoms with Gasteiger partial charge in [0, 0.05) is 6.07 Å². The molecule has 0 unspecified atom stereocenters. The van der Waals surface area contributed by atoms with Gasteiger partial charge in [-0.25, -0.2) is 4.79 Å². The molecule has 1 heterocycles. The number of hydrogen-bond acceptors (Lipinski definition) is 5. The number of rotatable bonds is 3. The first kappa shape index (κ1) is 13.3. The summed E-state index contributed by atoms with van der Waals surface area (Å²) in [4.78, 5) is 10.7. The summed E-state index contributed by atoms with van der Waals surface area (Å²) < 4.78 is 23.5. The number of aromatic hydroxyl groups is 1. The molecule has 0 radical (unpaired) electrons. The lowest BCUT2D eigenvalue weighted by atomic mass is 10.1. The van der Waals surface area contributed by atoms with E-state index in [1.54, 1.807) is 0 Å². The summed E-state index contributed by atoms with van der Waals surface area (Å²) in [5, 5.41) is 21.5. The van der Waals surface area contributed by atoms with Crippen LogP contribution in [0.1, 0.15) is 10.5 Å². The van der Waals surface area contributed by atoms with E-state index in [1.165, 1.54) is 13.2 Å². The number of phenols is 1. The molecule has 8 heteroatoms. The third-order valence-electron chi connectivity index (χ3n) is 2.35. The van der Waals surface area contributed by atoms with Crippen LogP contribution in [0, 0.1) is 5.82 Å². The molecule has 1 aromatic heterocycles. The van der Waals surface area contributed by atoms with Crippen LogP contribution in [0.15, 0.2) is 21.1 Å². The predicted octanol–water partition coefficient (Wildman–Crippen LogP) is 2.66. The number of aromatic carboxylic acids is 1. The molecule has 19 heavy (non-hydrogen) atoms. The minimum absolute atomic E-state index is 0.00819. The fourth-order valence-electron chi connectivity index (χ4n) is 1.48. The molecule has 1 aromatic carbocycles.